The maximum Gasteiger partial charge on any atom is 0.228 e. The smallest absolute Gasteiger partial charge is 0.228 e. The van der Waals surface area contributed by atoms with Gasteiger partial charge in [-0.2, -0.15) is 0 Å². The number of nitrogens with one attached hydrogen (secondary N) is 2. The van der Waals surface area contributed by atoms with Gasteiger partial charge in [-0.3, -0.25) is 9.59 Å². The molecule has 2 bridgehead atoms. The van der Waals surface area contributed by atoms with E-state index in [1.165, 1.54) is 12.0 Å². The highest BCUT2D eigenvalue weighted by Gasteiger charge is 2.37. The number of carbonyl (C=O) groups excluding carboxylic acids is 2. The Labute approximate surface area is 142 Å². The molecule has 2 N–H and O–H groups in total. The van der Waals surface area contributed by atoms with Crippen LogP contribution in [-0.4, -0.2) is 41.9 Å². The van der Waals surface area contributed by atoms with Gasteiger partial charge in [-0.25, -0.2) is 0 Å². The van der Waals surface area contributed by atoms with Crippen molar-refractivity contribution in [2.24, 2.45) is 0 Å². The van der Waals surface area contributed by atoms with Crippen LogP contribution in [0.2, 0.25) is 0 Å². The van der Waals surface area contributed by atoms with Gasteiger partial charge >= 0.3 is 0 Å². The second-order valence-electron chi connectivity index (χ2n) is 7.25. The van der Waals surface area contributed by atoms with E-state index in [-0.39, 0.29) is 5.91 Å². The number of aryl methyl sites for hydroxylation is 1. The lowest BCUT2D eigenvalue weighted by molar-refractivity contribution is -0.133. The van der Waals surface area contributed by atoms with E-state index in [9.17, 15) is 9.59 Å². The predicted molar refractivity (Wildman–Crippen MR) is 92.9 cm³/mol. The Morgan fingerprint density at radius 2 is 2.08 bits per heavy atom. The van der Waals surface area contributed by atoms with Crippen LogP contribution in [-0.2, 0) is 22.4 Å². The maximum atomic E-state index is 12.7. The molecule has 0 saturated carbocycles. The Hall–Kier alpha value is -1.88. The van der Waals surface area contributed by atoms with E-state index in [1.807, 2.05) is 6.07 Å². The third-order valence-electron chi connectivity index (χ3n) is 5.59. The van der Waals surface area contributed by atoms with Crippen molar-refractivity contribution in [3.63, 3.8) is 0 Å². The summed E-state index contributed by atoms with van der Waals surface area (Å²) in [5.41, 5.74) is 3.24. The molecule has 3 aliphatic heterocycles. The van der Waals surface area contributed by atoms with Gasteiger partial charge in [0.2, 0.25) is 11.8 Å². The quantitative estimate of drug-likeness (QED) is 0.887. The molecule has 0 aliphatic carbocycles. The monoisotopic (exact) mass is 327 g/mol. The lowest BCUT2D eigenvalue weighted by Gasteiger charge is -2.28. The largest absolute Gasteiger partial charge is 0.335 e. The summed E-state index contributed by atoms with van der Waals surface area (Å²) in [6.07, 6.45) is 6.29. The molecular formula is C19H25N3O2. The van der Waals surface area contributed by atoms with Gasteiger partial charge in [0, 0.05) is 30.7 Å². The molecule has 5 heteroatoms. The van der Waals surface area contributed by atoms with Gasteiger partial charge in [0.25, 0.3) is 0 Å². The molecule has 2 fully saturated rings. The molecule has 1 aromatic rings. The SMILES string of the molecule is O=C1Cc2cc(CCCC(=O)N3C4CCNCC3CC4)ccc2N1. The minimum absolute atomic E-state index is 0.0718. The molecule has 3 aliphatic rings. The number of benzene rings is 1. The van der Waals surface area contributed by atoms with Gasteiger partial charge in [0.1, 0.15) is 0 Å². The first kappa shape index (κ1) is 15.6. The highest BCUT2D eigenvalue weighted by Crippen LogP contribution is 2.29. The average Bonchev–Trinajstić information content (AvgIpc) is 3.04. The Morgan fingerprint density at radius 3 is 3.00 bits per heavy atom. The summed E-state index contributed by atoms with van der Waals surface area (Å²) in [5.74, 6) is 0.395. The standard InChI is InChI=1S/C19H25N3O2/c23-18-11-14-10-13(4-7-17(14)21-18)2-1-3-19(24)22-15-5-6-16(22)12-20-9-8-15/h4,7,10,15-16,20H,1-3,5-6,8-9,11-12H2,(H,21,23). The van der Waals surface area contributed by atoms with Gasteiger partial charge in [0.05, 0.1) is 6.42 Å². The van der Waals surface area contributed by atoms with Gasteiger partial charge in [0.15, 0.2) is 0 Å². The number of carbonyl (C=O) groups is 2. The summed E-state index contributed by atoms with van der Waals surface area (Å²) in [7, 11) is 0. The lowest BCUT2D eigenvalue weighted by atomic mass is 10.0. The van der Waals surface area contributed by atoms with Crippen LogP contribution in [0.1, 0.15) is 43.2 Å². The molecule has 2 unspecified atom stereocenters. The first-order valence-corrected chi connectivity index (χ1v) is 9.14. The van der Waals surface area contributed by atoms with Crippen LogP contribution < -0.4 is 10.6 Å². The third kappa shape index (κ3) is 3.05. The third-order valence-corrected chi connectivity index (χ3v) is 5.59. The topological polar surface area (TPSA) is 61.4 Å². The van der Waals surface area contributed by atoms with Crippen LogP contribution in [0.25, 0.3) is 0 Å². The van der Waals surface area contributed by atoms with Crippen LogP contribution in [0.5, 0.6) is 0 Å². The molecule has 0 spiro atoms. The molecule has 2 amide bonds. The van der Waals surface area contributed by atoms with Crippen molar-refractivity contribution in [1.82, 2.24) is 10.2 Å². The average molecular weight is 327 g/mol. The Bertz CT molecular complexity index is 644. The van der Waals surface area contributed by atoms with Crippen LogP contribution in [0.4, 0.5) is 5.69 Å². The van der Waals surface area contributed by atoms with Crippen molar-refractivity contribution in [3.8, 4) is 0 Å². The second-order valence-corrected chi connectivity index (χ2v) is 7.25. The molecule has 1 aromatic carbocycles. The Kier molecular flexibility index (Phi) is 4.27. The van der Waals surface area contributed by atoms with Gasteiger partial charge in [-0.15, -0.1) is 0 Å². The van der Waals surface area contributed by atoms with Crippen molar-refractivity contribution in [2.75, 3.05) is 18.4 Å². The van der Waals surface area contributed by atoms with Crippen LogP contribution >= 0.6 is 0 Å². The molecule has 0 radical (unpaired) electrons. The second kappa shape index (κ2) is 6.55. The van der Waals surface area contributed by atoms with E-state index < -0.39 is 0 Å². The molecule has 5 nitrogen and oxygen atoms in total. The molecule has 0 aromatic heterocycles. The minimum atomic E-state index is 0.0718. The molecule has 128 valence electrons. The predicted octanol–water partition coefficient (Wildman–Crippen LogP) is 1.86. The van der Waals surface area contributed by atoms with E-state index in [1.54, 1.807) is 0 Å². The fraction of sp³-hybridized carbons (Fsp3) is 0.579. The molecule has 2 atom stereocenters. The zero-order valence-electron chi connectivity index (χ0n) is 14.0. The van der Waals surface area contributed by atoms with Crippen molar-refractivity contribution >= 4 is 17.5 Å². The van der Waals surface area contributed by atoms with Crippen LogP contribution in [0, 0.1) is 0 Å². The van der Waals surface area contributed by atoms with Gasteiger partial charge in [-0.1, -0.05) is 12.1 Å². The van der Waals surface area contributed by atoms with Crippen molar-refractivity contribution in [3.05, 3.63) is 29.3 Å². The van der Waals surface area contributed by atoms with Crippen molar-refractivity contribution < 1.29 is 9.59 Å². The minimum Gasteiger partial charge on any atom is -0.335 e. The summed E-state index contributed by atoms with van der Waals surface area (Å²) in [6.45, 7) is 1.99. The fourth-order valence-electron chi connectivity index (χ4n) is 4.40. The number of hydrogen-bond acceptors (Lipinski definition) is 3. The summed E-state index contributed by atoms with van der Waals surface area (Å²) in [6, 6.07) is 7.01. The van der Waals surface area contributed by atoms with Crippen LogP contribution in [0.15, 0.2) is 18.2 Å². The fourth-order valence-corrected chi connectivity index (χ4v) is 4.40. The summed E-state index contributed by atoms with van der Waals surface area (Å²) >= 11 is 0. The number of hydrogen-bond donors (Lipinski definition) is 2. The van der Waals surface area contributed by atoms with E-state index in [0.29, 0.717) is 30.8 Å². The lowest BCUT2D eigenvalue weighted by Crippen LogP contribution is -2.42. The normalized spacial score (nSPS) is 25.3. The summed E-state index contributed by atoms with van der Waals surface area (Å²) in [5, 5.41) is 6.30. The molecule has 24 heavy (non-hydrogen) atoms. The van der Waals surface area contributed by atoms with Gasteiger partial charge in [-0.05, 0) is 55.8 Å². The Balaban J connectivity index is 1.32. The highest BCUT2D eigenvalue weighted by molar-refractivity contribution is 5.99. The van der Waals surface area contributed by atoms with Crippen LogP contribution in [0.3, 0.4) is 0 Å². The molecular weight excluding hydrogens is 302 g/mol. The zero-order chi connectivity index (χ0) is 16.5. The molecule has 2 saturated heterocycles. The number of rotatable bonds is 4. The first-order valence-electron chi connectivity index (χ1n) is 9.14. The number of anilines is 1. The maximum absolute atomic E-state index is 12.7. The van der Waals surface area contributed by atoms with Gasteiger partial charge < -0.3 is 15.5 Å². The van der Waals surface area contributed by atoms with Crippen molar-refractivity contribution in [2.45, 2.75) is 57.0 Å². The van der Waals surface area contributed by atoms with E-state index in [0.717, 1.165) is 50.0 Å². The van der Waals surface area contributed by atoms with E-state index in [4.69, 9.17) is 0 Å². The molecule has 4 rings (SSSR count). The first-order chi connectivity index (χ1) is 11.7. The summed E-state index contributed by atoms with van der Waals surface area (Å²) < 4.78 is 0. The van der Waals surface area contributed by atoms with E-state index >= 15 is 0 Å². The zero-order valence-corrected chi connectivity index (χ0v) is 14.0. The Morgan fingerprint density at radius 1 is 1.21 bits per heavy atom. The molecule has 3 heterocycles. The number of nitrogens with zero attached hydrogens (tertiary/aromatic N) is 1. The van der Waals surface area contributed by atoms with E-state index in [2.05, 4.69) is 27.7 Å². The van der Waals surface area contributed by atoms with Crippen molar-refractivity contribution in [1.29, 1.82) is 0 Å². The number of fused-ring (bicyclic) bond motifs is 3. The number of amides is 2. The highest BCUT2D eigenvalue weighted by atomic mass is 16.2. The summed E-state index contributed by atoms with van der Waals surface area (Å²) in [4.78, 5) is 26.3.